The first-order valence-electron chi connectivity index (χ1n) is 3.18. The van der Waals surface area contributed by atoms with E-state index in [1.54, 1.807) is 0 Å². The maximum Gasteiger partial charge on any atom is 0.161 e. The lowest BCUT2D eigenvalue weighted by molar-refractivity contribution is 0.101. The monoisotopic (exact) mass is 250 g/mol. The zero-order valence-corrected chi connectivity index (χ0v) is 8.54. The molecule has 1 nitrogen and oxygen atoms in total. The molecule has 0 heterocycles. The minimum absolute atomic E-state index is 0.00637. The van der Waals surface area contributed by atoms with Gasteiger partial charge in [-0.1, -0.05) is 11.6 Å². The number of hydrogen-bond acceptors (Lipinski definition) is 1. The van der Waals surface area contributed by atoms with Gasteiger partial charge >= 0.3 is 0 Å². The Labute approximate surface area is 82.7 Å². The van der Waals surface area contributed by atoms with Crippen LogP contribution in [0, 0.1) is 5.82 Å². The molecular weight excluding hydrogens is 246 g/mol. The van der Waals surface area contributed by atoms with Crippen molar-refractivity contribution in [1.29, 1.82) is 0 Å². The van der Waals surface area contributed by atoms with Crippen molar-refractivity contribution in [2.45, 2.75) is 6.92 Å². The van der Waals surface area contributed by atoms with E-state index >= 15 is 0 Å². The van der Waals surface area contributed by atoms with Crippen molar-refractivity contribution in [3.63, 3.8) is 0 Å². The first-order chi connectivity index (χ1) is 5.54. The fourth-order valence-electron chi connectivity index (χ4n) is 0.798. The standard InChI is InChI=1S/C8H5BrClFO/c1-4(12)5-2-3-6(10)8(11)7(5)9/h2-3H,1H3. The topological polar surface area (TPSA) is 17.1 Å². The van der Waals surface area contributed by atoms with Crippen molar-refractivity contribution in [3.05, 3.63) is 33.0 Å². The summed E-state index contributed by atoms with van der Waals surface area (Å²) in [7, 11) is 0. The lowest BCUT2D eigenvalue weighted by Crippen LogP contribution is -1.95. The van der Waals surface area contributed by atoms with Crippen LogP contribution >= 0.6 is 27.5 Å². The van der Waals surface area contributed by atoms with E-state index < -0.39 is 5.82 Å². The Balaban J connectivity index is 3.36. The van der Waals surface area contributed by atoms with Crippen molar-refractivity contribution in [1.82, 2.24) is 0 Å². The number of ketones is 1. The molecule has 0 saturated carbocycles. The van der Waals surface area contributed by atoms with Crippen LogP contribution in [0.15, 0.2) is 16.6 Å². The number of carbonyl (C=O) groups is 1. The Bertz CT molecular complexity index is 338. The summed E-state index contributed by atoms with van der Waals surface area (Å²) < 4.78 is 13.1. The van der Waals surface area contributed by atoms with Crippen LogP contribution in [-0.2, 0) is 0 Å². The summed E-state index contributed by atoms with van der Waals surface area (Å²) in [4.78, 5) is 10.9. The fourth-order valence-corrected chi connectivity index (χ4v) is 1.69. The third-order valence-corrected chi connectivity index (χ3v) is 2.48. The molecule has 12 heavy (non-hydrogen) atoms. The second kappa shape index (κ2) is 3.54. The second-order valence-corrected chi connectivity index (χ2v) is 3.48. The first kappa shape index (κ1) is 9.68. The first-order valence-corrected chi connectivity index (χ1v) is 4.35. The molecule has 64 valence electrons. The number of Topliss-reactive ketones (excluding diaryl/α,β-unsaturated/α-hetero) is 1. The normalized spacial score (nSPS) is 10.0. The van der Waals surface area contributed by atoms with Gasteiger partial charge in [-0.2, -0.15) is 0 Å². The van der Waals surface area contributed by atoms with Crippen LogP contribution in [0.5, 0.6) is 0 Å². The van der Waals surface area contributed by atoms with Crippen molar-refractivity contribution < 1.29 is 9.18 Å². The molecule has 0 amide bonds. The van der Waals surface area contributed by atoms with Crippen molar-refractivity contribution in [2.75, 3.05) is 0 Å². The smallest absolute Gasteiger partial charge is 0.161 e. The van der Waals surface area contributed by atoms with E-state index in [-0.39, 0.29) is 15.3 Å². The quantitative estimate of drug-likeness (QED) is 0.552. The van der Waals surface area contributed by atoms with E-state index in [1.807, 2.05) is 0 Å². The van der Waals surface area contributed by atoms with Gasteiger partial charge < -0.3 is 0 Å². The van der Waals surface area contributed by atoms with Gasteiger partial charge in [-0.25, -0.2) is 4.39 Å². The average molecular weight is 251 g/mol. The van der Waals surface area contributed by atoms with Crippen LogP contribution in [0.25, 0.3) is 0 Å². The number of rotatable bonds is 1. The predicted octanol–water partition coefficient (Wildman–Crippen LogP) is 3.44. The molecule has 0 aliphatic rings. The van der Waals surface area contributed by atoms with Crippen LogP contribution in [0.4, 0.5) is 4.39 Å². The SMILES string of the molecule is CC(=O)c1ccc(Cl)c(F)c1Br. The summed E-state index contributed by atoms with van der Waals surface area (Å²) >= 11 is 8.43. The Morgan fingerprint density at radius 2 is 2.17 bits per heavy atom. The van der Waals surface area contributed by atoms with Gasteiger partial charge in [-0.05, 0) is 35.0 Å². The summed E-state index contributed by atoms with van der Waals surface area (Å²) in [5, 5.41) is 0.00637. The summed E-state index contributed by atoms with van der Waals surface area (Å²) in [6.07, 6.45) is 0. The van der Waals surface area contributed by atoms with Gasteiger partial charge in [0.25, 0.3) is 0 Å². The maximum absolute atomic E-state index is 13.0. The van der Waals surface area contributed by atoms with E-state index in [0.717, 1.165) is 0 Å². The van der Waals surface area contributed by atoms with E-state index in [2.05, 4.69) is 15.9 Å². The van der Waals surface area contributed by atoms with Crippen LogP contribution in [-0.4, -0.2) is 5.78 Å². The lowest BCUT2D eigenvalue weighted by atomic mass is 10.1. The Kier molecular flexibility index (Phi) is 2.85. The molecule has 4 heteroatoms. The number of hydrogen-bond donors (Lipinski definition) is 0. The molecule has 0 saturated heterocycles. The highest BCUT2D eigenvalue weighted by molar-refractivity contribution is 9.10. The van der Waals surface area contributed by atoms with Gasteiger partial charge in [0.1, 0.15) is 0 Å². The second-order valence-electron chi connectivity index (χ2n) is 2.28. The molecule has 1 aromatic rings. The van der Waals surface area contributed by atoms with Gasteiger partial charge in [0, 0.05) is 5.56 Å². The predicted molar refractivity (Wildman–Crippen MR) is 49.1 cm³/mol. The minimum Gasteiger partial charge on any atom is -0.294 e. The highest BCUT2D eigenvalue weighted by Gasteiger charge is 2.12. The van der Waals surface area contributed by atoms with Crippen LogP contribution in [0.2, 0.25) is 5.02 Å². The molecule has 0 radical (unpaired) electrons. The van der Waals surface area contributed by atoms with Crippen LogP contribution in [0.1, 0.15) is 17.3 Å². The van der Waals surface area contributed by atoms with Gasteiger partial charge in [-0.3, -0.25) is 4.79 Å². The fraction of sp³-hybridized carbons (Fsp3) is 0.125. The van der Waals surface area contributed by atoms with Crippen LogP contribution in [0.3, 0.4) is 0 Å². The maximum atomic E-state index is 13.0. The van der Waals surface area contributed by atoms with Gasteiger partial charge in [0.05, 0.1) is 9.50 Å². The molecule has 1 rings (SSSR count). The summed E-state index contributed by atoms with van der Waals surface area (Å²) in [6, 6.07) is 2.84. The third kappa shape index (κ3) is 1.67. The molecule has 0 aliphatic heterocycles. The highest BCUT2D eigenvalue weighted by atomic mass is 79.9. The van der Waals surface area contributed by atoms with Crippen molar-refractivity contribution in [2.24, 2.45) is 0 Å². The van der Waals surface area contributed by atoms with E-state index in [0.29, 0.717) is 5.56 Å². The molecule has 0 aliphatic carbocycles. The molecular formula is C8H5BrClFO. The molecule has 0 aromatic heterocycles. The molecule has 0 bridgehead atoms. The molecule has 0 spiro atoms. The number of halogens is 3. The Hall–Kier alpha value is -0.410. The molecule has 0 fully saturated rings. The zero-order chi connectivity index (χ0) is 9.30. The van der Waals surface area contributed by atoms with Crippen molar-refractivity contribution in [3.8, 4) is 0 Å². The summed E-state index contributed by atoms with van der Waals surface area (Å²) in [5.41, 5.74) is 0.303. The van der Waals surface area contributed by atoms with Gasteiger partial charge in [-0.15, -0.1) is 0 Å². The average Bonchev–Trinajstić information content (AvgIpc) is 2.00. The van der Waals surface area contributed by atoms with E-state index in [9.17, 15) is 9.18 Å². The van der Waals surface area contributed by atoms with Crippen molar-refractivity contribution >= 4 is 33.3 Å². The summed E-state index contributed by atoms with van der Waals surface area (Å²) in [5.74, 6) is -0.790. The molecule has 0 atom stereocenters. The number of benzene rings is 1. The molecule has 1 aromatic carbocycles. The number of carbonyl (C=O) groups excluding carboxylic acids is 1. The lowest BCUT2D eigenvalue weighted by Gasteiger charge is -2.01. The Morgan fingerprint density at radius 1 is 1.58 bits per heavy atom. The largest absolute Gasteiger partial charge is 0.294 e. The van der Waals surface area contributed by atoms with Gasteiger partial charge in [0.2, 0.25) is 0 Å². The third-order valence-electron chi connectivity index (χ3n) is 1.41. The minimum atomic E-state index is -0.593. The molecule has 0 N–H and O–H groups in total. The summed E-state index contributed by atoms with van der Waals surface area (Å²) in [6.45, 7) is 1.37. The zero-order valence-electron chi connectivity index (χ0n) is 6.20. The van der Waals surface area contributed by atoms with Crippen LogP contribution < -0.4 is 0 Å². The van der Waals surface area contributed by atoms with E-state index in [1.165, 1.54) is 19.1 Å². The highest BCUT2D eigenvalue weighted by Crippen LogP contribution is 2.26. The van der Waals surface area contributed by atoms with E-state index in [4.69, 9.17) is 11.6 Å². The Morgan fingerprint density at radius 3 is 2.67 bits per heavy atom. The van der Waals surface area contributed by atoms with Gasteiger partial charge in [0.15, 0.2) is 11.6 Å². The molecule has 0 unspecified atom stereocenters.